The van der Waals surface area contributed by atoms with Gasteiger partial charge in [-0.25, -0.2) is 14.1 Å². The van der Waals surface area contributed by atoms with Crippen molar-refractivity contribution in [3.8, 4) is 16.9 Å². The molecule has 0 bridgehead atoms. The highest BCUT2D eigenvalue weighted by Gasteiger charge is 2.17. The molecule has 0 unspecified atom stereocenters. The molecule has 3 heterocycles. The van der Waals surface area contributed by atoms with Gasteiger partial charge in [-0.3, -0.25) is 4.79 Å². The Labute approximate surface area is 163 Å². The molecule has 3 aromatic rings. The maximum Gasteiger partial charge on any atom is 0.250 e. The Morgan fingerprint density at radius 2 is 2.07 bits per heavy atom. The first-order valence-electron chi connectivity index (χ1n) is 9.83. The predicted octanol–water partition coefficient (Wildman–Crippen LogP) is 4.00. The number of nitrogens with one attached hydrogen (secondary N) is 1. The number of pyridine rings is 2. The largest absolute Gasteiger partial charge is 0.367 e. The quantitative estimate of drug-likeness (QED) is 0.701. The molecule has 0 atom stereocenters. The van der Waals surface area contributed by atoms with Gasteiger partial charge in [0.1, 0.15) is 11.6 Å². The summed E-state index contributed by atoms with van der Waals surface area (Å²) in [4.78, 5) is 16.3. The minimum absolute atomic E-state index is 0.0430. The van der Waals surface area contributed by atoms with Crippen LogP contribution in [0.3, 0.4) is 0 Å². The summed E-state index contributed by atoms with van der Waals surface area (Å²) >= 11 is 0. The van der Waals surface area contributed by atoms with Crippen molar-refractivity contribution in [1.29, 1.82) is 0 Å². The Hall–Kier alpha value is -2.96. The summed E-state index contributed by atoms with van der Waals surface area (Å²) in [6.45, 7) is 2.67. The van der Waals surface area contributed by atoms with E-state index in [1.54, 1.807) is 33.8 Å². The Kier molecular flexibility index (Phi) is 5.23. The van der Waals surface area contributed by atoms with Gasteiger partial charge in [-0.05, 0) is 31.4 Å². The van der Waals surface area contributed by atoms with Crippen molar-refractivity contribution < 1.29 is 4.39 Å². The van der Waals surface area contributed by atoms with Crippen molar-refractivity contribution in [2.45, 2.75) is 51.6 Å². The summed E-state index contributed by atoms with van der Waals surface area (Å²) in [7, 11) is 0. The summed E-state index contributed by atoms with van der Waals surface area (Å²) in [5.41, 5.74) is 1.58. The molecule has 0 radical (unpaired) electrons. The standard InChI is InChI=1S/C21H24FN5O/c1-2-10-26-14-16(7-8-21(26)28)27-11-9-19(25-27)17-13-23-20(12-18(17)22)24-15-5-3-4-6-15/h7-9,11-15H,2-6,10H2,1H3,(H,23,24). The van der Waals surface area contributed by atoms with Crippen LogP contribution < -0.4 is 10.9 Å². The molecule has 0 amide bonds. The Morgan fingerprint density at radius 1 is 1.25 bits per heavy atom. The van der Waals surface area contributed by atoms with Gasteiger partial charge in [0, 0.05) is 43.3 Å². The number of nitrogens with zero attached hydrogens (tertiary/aromatic N) is 4. The van der Waals surface area contributed by atoms with E-state index < -0.39 is 0 Å². The topological polar surface area (TPSA) is 64.7 Å². The highest BCUT2D eigenvalue weighted by Crippen LogP contribution is 2.25. The first kappa shape index (κ1) is 18.4. The van der Waals surface area contributed by atoms with Crippen LogP contribution >= 0.6 is 0 Å². The molecule has 1 fully saturated rings. The lowest BCUT2D eigenvalue weighted by Gasteiger charge is -2.13. The molecule has 146 valence electrons. The van der Waals surface area contributed by atoms with E-state index in [1.165, 1.54) is 31.2 Å². The second-order valence-corrected chi connectivity index (χ2v) is 7.24. The summed E-state index contributed by atoms with van der Waals surface area (Å²) in [5, 5.41) is 7.78. The van der Waals surface area contributed by atoms with Crippen LogP contribution in [-0.4, -0.2) is 25.4 Å². The summed E-state index contributed by atoms with van der Waals surface area (Å²) in [5.74, 6) is 0.218. The molecule has 3 aromatic heterocycles. The molecular weight excluding hydrogens is 357 g/mol. The number of anilines is 1. The van der Waals surface area contributed by atoms with E-state index in [1.807, 2.05) is 6.92 Å². The van der Waals surface area contributed by atoms with Crippen LogP contribution in [0.25, 0.3) is 16.9 Å². The number of aryl methyl sites for hydroxylation is 1. The third kappa shape index (κ3) is 3.83. The van der Waals surface area contributed by atoms with Crippen molar-refractivity contribution >= 4 is 5.82 Å². The molecule has 0 aliphatic heterocycles. The lowest BCUT2D eigenvalue weighted by molar-refractivity contribution is 0.627. The number of rotatable bonds is 6. The van der Waals surface area contributed by atoms with Crippen LogP contribution in [0, 0.1) is 5.82 Å². The van der Waals surface area contributed by atoms with Gasteiger partial charge in [-0.15, -0.1) is 0 Å². The normalized spacial score (nSPS) is 14.5. The van der Waals surface area contributed by atoms with Gasteiger partial charge in [-0.2, -0.15) is 5.10 Å². The van der Waals surface area contributed by atoms with Gasteiger partial charge in [0.05, 0.1) is 16.9 Å². The minimum atomic E-state index is -0.350. The van der Waals surface area contributed by atoms with Crippen LogP contribution in [0.4, 0.5) is 10.2 Å². The fraction of sp³-hybridized carbons (Fsp3) is 0.381. The van der Waals surface area contributed by atoms with Crippen molar-refractivity contribution in [3.05, 3.63) is 59.0 Å². The SMILES string of the molecule is CCCn1cc(-n2ccc(-c3cnc(NC4CCCC4)cc3F)n2)ccc1=O. The van der Waals surface area contributed by atoms with Crippen LogP contribution in [0.15, 0.2) is 47.7 Å². The van der Waals surface area contributed by atoms with E-state index in [0.717, 1.165) is 24.9 Å². The third-order valence-electron chi connectivity index (χ3n) is 5.12. The van der Waals surface area contributed by atoms with Crippen molar-refractivity contribution in [1.82, 2.24) is 19.3 Å². The van der Waals surface area contributed by atoms with Crippen LogP contribution in [0.2, 0.25) is 0 Å². The van der Waals surface area contributed by atoms with E-state index >= 15 is 0 Å². The second kappa shape index (κ2) is 7.96. The second-order valence-electron chi connectivity index (χ2n) is 7.24. The Bertz CT molecular complexity index is 1020. The monoisotopic (exact) mass is 381 g/mol. The minimum Gasteiger partial charge on any atom is -0.367 e. The number of hydrogen-bond donors (Lipinski definition) is 1. The molecule has 0 aromatic carbocycles. The number of aromatic nitrogens is 4. The van der Waals surface area contributed by atoms with E-state index in [9.17, 15) is 9.18 Å². The van der Waals surface area contributed by atoms with Crippen LogP contribution in [-0.2, 0) is 6.54 Å². The molecule has 6 nitrogen and oxygen atoms in total. The summed E-state index contributed by atoms with van der Waals surface area (Å²) < 4.78 is 18.0. The first-order valence-corrected chi connectivity index (χ1v) is 9.83. The average Bonchev–Trinajstić information content (AvgIpc) is 3.36. The van der Waals surface area contributed by atoms with E-state index in [4.69, 9.17) is 0 Å². The van der Waals surface area contributed by atoms with Gasteiger partial charge >= 0.3 is 0 Å². The summed E-state index contributed by atoms with van der Waals surface area (Å²) in [6, 6.07) is 6.82. The zero-order valence-electron chi connectivity index (χ0n) is 15.9. The maximum atomic E-state index is 14.7. The van der Waals surface area contributed by atoms with Gasteiger partial charge < -0.3 is 9.88 Å². The lowest BCUT2D eigenvalue weighted by Crippen LogP contribution is -2.19. The molecule has 1 N–H and O–H groups in total. The molecule has 28 heavy (non-hydrogen) atoms. The zero-order chi connectivity index (χ0) is 19.5. The average molecular weight is 381 g/mol. The fourth-order valence-corrected chi connectivity index (χ4v) is 3.66. The molecule has 1 aliphatic rings. The fourth-order valence-electron chi connectivity index (χ4n) is 3.66. The van der Waals surface area contributed by atoms with Gasteiger partial charge in [0.25, 0.3) is 5.56 Å². The first-order chi connectivity index (χ1) is 13.6. The Morgan fingerprint density at radius 3 is 2.82 bits per heavy atom. The number of hydrogen-bond acceptors (Lipinski definition) is 4. The molecule has 4 rings (SSSR count). The van der Waals surface area contributed by atoms with Crippen molar-refractivity contribution in [2.75, 3.05) is 5.32 Å². The molecule has 1 aliphatic carbocycles. The highest BCUT2D eigenvalue weighted by atomic mass is 19.1. The van der Waals surface area contributed by atoms with E-state index in [-0.39, 0.29) is 11.4 Å². The summed E-state index contributed by atoms with van der Waals surface area (Å²) in [6.07, 6.45) is 10.6. The smallest absolute Gasteiger partial charge is 0.250 e. The molecule has 1 saturated carbocycles. The molecule has 0 spiro atoms. The van der Waals surface area contributed by atoms with E-state index in [0.29, 0.717) is 29.7 Å². The van der Waals surface area contributed by atoms with E-state index in [2.05, 4.69) is 15.4 Å². The molecule has 7 heteroatoms. The van der Waals surface area contributed by atoms with Crippen molar-refractivity contribution in [3.63, 3.8) is 0 Å². The molecular formula is C21H24FN5O. The van der Waals surface area contributed by atoms with Gasteiger partial charge in [0.2, 0.25) is 0 Å². The van der Waals surface area contributed by atoms with Crippen LogP contribution in [0.5, 0.6) is 0 Å². The van der Waals surface area contributed by atoms with Gasteiger partial charge in [0.15, 0.2) is 0 Å². The van der Waals surface area contributed by atoms with Crippen LogP contribution in [0.1, 0.15) is 39.0 Å². The zero-order valence-corrected chi connectivity index (χ0v) is 15.9. The van der Waals surface area contributed by atoms with Gasteiger partial charge in [-0.1, -0.05) is 19.8 Å². The highest BCUT2D eigenvalue weighted by molar-refractivity contribution is 5.60. The lowest BCUT2D eigenvalue weighted by atomic mass is 10.2. The predicted molar refractivity (Wildman–Crippen MR) is 107 cm³/mol. The molecule has 0 saturated heterocycles. The maximum absolute atomic E-state index is 14.7. The Balaban J connectivity index is 1.57. The third-order valence-corrected chi connectivity index (χ3v) is 5.12. The van der Waals surface area contributed by atoms with Crippen molar-refractivity contribution in [2.24, 2.45) is 0 Å². The number of halogens is 1.